The average molecular weight is 667 g/mol. The van der Waals surface area contributed by atoms with Crippen molar-refractivity contribution in [2.45, 2.75) is 0 Å². The fourth-order valence-electron chi connectivity index (χ4n) is 7.14. The Balaban J connectivity index is 1.09. The molecule has 0 aliphatic carbocycles. The Morgan fingerprint density at radius 2 is 0.885 bits per heavy atom. The summed E-state index contributed by atoms with van der Waals surface area (Å²) in [5.41, 5.74) is 10.5. The summed E-state index contributed by atoms with van der Waals surface area (Å²) in [6.45, 7) is 0. The maximum absolute atomic E-state index is 4.97. The zero-order valence-electron chi connectivity index (χ0n) is 28.0. The molecular weight excluding hydrogens is 637 g/mol. The molecule has 0 bridgehead atoms. The van der Waals surface area contributed by atoms with Crippen LogP contribution in [0, 0.1) is 0 Å². The molecule has 52 heavy (non-hydrogen) atoms. The molecule has 6 nitrogen and oxygen atoms in total. The minimum absolute atomic E-state index is 0.633. The zero-order valence-corrected chi connectivity index (χ0v) is 28.0. The second-order valence-corrected chi connectivity index (χ2v) is 12.8. The predicted molar refractivity (Wildman–Crippen MR) is 211 cm³/mol. The Hall–Kier alpha value is -7.18. The van der Waals surface area contributed by atoms with E-state index in [9.17, 15) is 0 Å². The first-order valence-corrected chi connectivity index (χ1v) is 17.3. The summed E-state index contributed by atoms with van der Waals surface area (Å²) < 4.78 is 4.38. The predicted octanol–water partition coefficient (Wildman–Crippen LogP) is 11.0. The van der Waals surface area contributed by atoms with E-state index < -0.39 is 0 Å². The summed E-state index contributed by atoms with van der Waals surface area (Å²) in [6, 6.07) is 60.8. The monoisotopic (exact) mass is 666 g/mol. The Bertz CT molecular complexity index is 2830. The molecule has 3 heterocycles. The van der Waals surface area contributed by atoms with Crippen molar-refractivity contribution < 1.29 is 0 Å². The van der Waals surface area contributed by atoms with Crippen molar-refractivity contribution in [1.29, 1.82) is 0 Å². The van der Waals surface area contributed by atoms with Gasteiger partial charge in [-0.2, -0.15) is 5.10 Å². The van der Waals surface area contributed by atoms with Gasteiger partial charge in [-0.15, -0.1) is 0 Å². The highest BCUT2D eigenvalue weighted by atomic mass is 15.3. The lowest BCUT2D eigenvalue weighted by molar-refractivity contribution is 0.911. The lowest BCUT2D eigenvalue weighted by Gasteiger charge is -2.12. The van der Waals surface area contributed by atoms with E-state index in [1.807, 2.05) is 89.7 Å². The highest BCUT2D eigenvalue weighted by molar-refractivity contribution is 6.13. The molecule has 0 fully saturated rings. The van der Waals surface area contributed by atoms with Crippen molar-refractivity contribution in [3.05, 3.63) is 182 Å². The van der Waals surface area contributed by atoms with Crippen LogP contribution in [0.2, 0.25) is 0 Å². The van der Waals surface area contributed by atoms with Crippen molar-refractivity contribution >= 4 is 32.7 Å². The Morgan fingerprint density at radius 3 is 1.60 bits per heavy atom. The maximum atomic E-state index is 4.97. The summed E-state index contributed by atoms with van der Waals surface area (Å²) in [5.74, 6) is 1.92. The van der Waals surface area contributed by atoms with E-state index >= 15 is 0 Å². The molecule has 10 aromatic rings. The molecule has 0 saturated heterocycles. The van der Waals surface area contributed by atoms with Gasteiger partial charge in [0, 0.05) is 38.5 Å². The van der Waals surface area contributed by atoms with Crippen LogP contribution in [-0.4, -0.2) is 29.3 Å². The van der Waals surface area contributed by atoms with Crippen LogP contribution in [-0.2, 0) is 0 Å². The van der Waals surface area contributed by atoms with E-state index in [0.29, 0.717) is 17.5 Å². The fraction of sp³-hybridized carbons (Fsp3) is 0. The van der Waals surface area contributed by atoms with Gasteiger partial charge in [0.1, 0.15) is 0 Å². The van der Waals surface area contributed by atoms with Gasteiger partial charge in [-0.25, -0.2) is 19.6 Å². The normalized spacial score (nSPS) is 11.5. The molecule has 0 saturated carbocycles. The second-order valence-electron chi connectivity index (χ2n) is 12.8. The number of nitrogens with zero attached hydrogens (tertiary/aromatic N) is 6. The molecule has 0 radical (unpaired) electrons. The van der Waals surface area contributed by atoms with Gasteiger partial charge in [-0.05, 0) is 59.7 Å². The largest absolute Gasteiger partial charge is 0.309 e. The summed E-state index contributed by atoms with van der Waals surface area (Å²) in [4.78, 5) is 14.8. The quantitative estimate of drug-likeness (QED) is 0.177. The third-order valence-electron chi connectivity index (χ3n) is 9.62. The van der Waals surface area contributed by atoms with E-state index in [0.717, 1.165) is 61.1 Å². The van der Waals surface area contributed by atoms with Crippen LogP contribution in [0.4, 0.5) is 0 Å². The number of fused-ring (bicyclic) bond motifs is 4. The Labute approximate surface area is 300 Å². The highest BCUT2D eigenvalue weighted by Crippen LogP contribution is 2.37. The lowest BCUT2D eigenvalue weighted by atomic mass is 10.0. The molecule has 0 atom stereocenters. The van der Waals surface area contributed by atoms with Crippen molar-refractivity contribution in [2.24, 2.45) is 0 Å². The van der Waals surface area contributed by atoms with Gasteiger partial charge in [0.2, 0.25) is 0 Å². The van der Waals surface area contributed by atoms with Crippen molar-refractivity contribution in [2.75, 3.05) is 0 Å². The first kappa shape index (κ1) is 29.7. The van der Waals surface area contributed by atoms with Crippen molar-refractivity contribution in [3.63, 3.8) is 0 Å². The summed E-state index contributed by atoms with van der Waals surface area (Å²) in [6.07, 6.45) is 1.96. The van der Waals surface area contributed by atoms with E-state index in [1.165, 1.54) is 10.8 Å². The Morgan fingerprint density at radius 1 is 0.346 bits per heavy atom. The van der Waals surface area contributed by atoms with E-state index in [2.05, 4.69) is 102 Å². The molecule has 0 aliphatic heterocycles. The fourth-order valence-corrected chi connectivity index (χ4v) is 7.14. The third-order valence-corrected chi connectivity index (χ3v) is 9.62. The summed E-state index contributed by atoms with van der Waals surface area (Å²) in [7, 11) is 0. The van der Waals surface area contributed by atoms with Crippen LogP contribution in [0.1, 0.15) is 0 Å². The first-order chi connectivity index (χ1) is 25.8. The van der Waals surface area contributed by atoms with Crippen LogP contribution in [0.3, 0.4) is 0 Å². The minimum Gasteiger partial charge on any atom is -0.309 e. The van der Waals surface area contributed by atoms with Gasteiger partial charge < -0.3 is 4.57 Å². The summed E-state index contributed by atoms with van der Waals surface area (Å²) >= 11 is 0. The van der Waals surface area contributed by atoms with Gasteiger partial charge >= 0.3 is 0 Å². The molecular formula is C46H30N6. The average Bonchev–Trinajstić information content (AvgIpc) is 3.79. The third kappa shape index (κ3) is 5.13. The number of hydrogen-bond donors (Lipinski definition) is 0. The van der Waals surface area contributed by atoms with E-state index in [4.69, 9.17) is 20.1 Å². The minimum atomic E-state index is 0.633. The number of hydrogen-bond acceptors (Lipinski definition) is 4. The molecule has 244 valence electrons. The number of para-hydroxylation sites is 2. The first-order valence-electron chi connectivity index (χ1n) is 17.3. The van der Waals surface area contributed by atoms with E-state index in [-0.39, 0.29) is 0 Å². The van der Waals surface area contributed by atoms with Crippen molar-refractivity contribution in [3.8, 4) is 56.7 Å². The van der Waals surface area contributed by atoms with Gasteiger partial charge in [0.05, 0.1) is 28.4 Å². The molecule has 10 rings (SSSR count). The van der Waals surface area contributed by atoms with Gasteiger partial charge in [-0.3, -0.25) is 0 Å². The van der Waals surface area contributed by atoms with Crippen molar-refractivity contribution in [1.82, 2.24) is 29.3 Å². The van der Waals surface area contributed by atoms with Crippen LogP contribution in [0.15, 0.2) is 182 Å². The summed E-state index contributed by atoms with van der Waals surface area (Å²) in [5, 5.41) is 8.25. The smallest absolute Gasteiger partial charge is 0.164 e. The lowest BCUT2D eigenvalue weighted by Crippen LogP contribution is -2.00. The molecule has 0 amide bonds. The SMILES string of the molecule is c1ccc(-c2nc(-c3ccccc3)nc(-c3cccc(-c4cccc(-n5c6ccccc6c6cc7c(cnn7-c7ccccc7)cc65)c4)c3)n2)cc1. The number of benzene rings is 7. The molecule has 0 aliphatic rings. The van der Waals surface area contributed by atoms with Crippen LogP contribution >= 0.6 is 0 Å². The van der Waals surface area contributed by atoms with Gasteiger partial charge in [-0.1, -0.05) is 127 Å². The molecule has 0 unspecified atom stereocenters. The second kappa shape index (κ2) is 12.3. The van der Waals surface area contributed by atoms with Crippen LogP contribution in [0.25, 0.3) is 89.4 Å². The molecule has 7 aromatic carbocycles. The molecule has 6 heteroatoms. The Kier molecular flexibility index (Phi) is 7.03. The topological polar surface area (TPSA) is 61.4 Å². The number of rotatable bonds is 6. The maximum Gasteiger partial charge on any atom is 0.164 e. The standard InChI is InChI=1S/C46H30N6/c1-4-14-31(15-5-1)44-48-45(32-16-6-2-7-17-32)50-46(49-44)35-20-12-18-33(26-35)34-19-13-23-38(27-34)51-41-25-11-10-24-39(41)40-29-42-36(28-43(40)51)30-47-52(42)37-21-8-3-9-22-37/h1-30H. The van der Waals surface area contributed by atoms with Gasteiger partial charge in [0.25, 0.3) is 0 Å². The molecule has 3 aromatic heterocycles. The highest BCUT2D eigenvalue weighted by Gasteiger charge is 2.17. The van der Waals surface area contributed by atoms with Crippen LogP contribution in [0.5, 0.6) is 0 Å². The number of aromatic nitrogens is 6. The zero-order chi connectivity index (χ0) is 34.4. The molecule has 0 N–H and O–H groups in total. The van der Waals surface area contributed by atoms with Gasteiger partial charge in [0.15, 0.2) is 17.5 Å². The van der Waals surface area contributed by atoms with E-state index in [1.54, 1.807) is 0 Å². The molecule has 0 spiro atoms. The van der Waals surface area contributed by atoms with Crippen LogP contribution < -0.4 is 0 Å².